The predicted molar refractivity (Wildman–Crippen MR) is 467 cm³/mol. The van der Waals surface area contributed by atoms with Gasteiger partial charge in [-0.2, -0.15) is 0 Å². The standard InChI is InChI=1S/C18H19N3O.C14H18N2O6.C11H15Cl2N.C9H10N2O4.C9H12N2O2.C9H16O4.C7H6N2O.C5H3ClN2O2.CH4O.2ClH/c22-17-18(15-6-9-19-12-16(15)20-17)7-10-21(11-8-18)13-14-4-2-1-3-5-14;1-5-21-12(17)11(13(18)22-14(2,3)4)9-6-7-15-8-10(9)16(19)20;12-6-8-14(9-7-13)10-11-4-2-1-3-5-11;1-2-15-9(12)5-7-3-4-10-6-8(7)11(13)14;1-2-13-9(12)5-7-3-4-11-6-8(7)10;1-5-12-7(10)6-8(11)13-9(2,3)4;10-7-3-5-1-2-8-4-6(5)9-7;6-4-1-2-7-3-5(4)8(9)10;1-2;;/h1-6,9,12H,7-8,10-11,13H2,(H,20,22);6-8,11H,5H2,1-4H3;1-5H,6-10H2;3-4,6H,2,5H2,1H3;3-4,6H,2,5,10H2,1H3;5-6H2,1-4H3;1-2,4H,3H2,(H,9,10);1-3H;2H,1H3;2*1H. The van der Waals surface area contributed by atoms with Crippen LogP contribution in [0.1, 0.15) is 133 Å². The van der Waals surface area contributed by atoms with Crippen molar-refractivity contribution in [2.75, 3.05) is 87.8 Å². The van der Waals surface area contributed by atoms with E-state index in [0.29, 0.717) is 36.0 Å². The van der Waals surface area contributed by atoms with Crippen LogP contribution in [0, 0.1) is 30.3 Å². The lowest BCUT2D eigenvalue weighted by Crippen LogP contribution is -2.46. The van der Waals surface area contributed by atoms with E-state index in [1.54, 1.807) is 106 Å². The minimum absolute atomic E-state index is 0. The maximum Gasteiger partial charge on any atom is 0.325 e. The molecule has 35 nitrogen and oxygen atoms in total. The monoisotopic (exact) mass is 1810 g/mol. The van der Waals surface area contributed by atoms with Crippen LogP contribution in [0.4, 0.5) is 34.1 Å². The van der Waals surface area contributed by atoms with E-state index in [2.05, 4.69) is 104 Å². The summed E-state index contributed by atoms with van der Waals surface area (Å²) < 4.78 is 29.0. The van der Waals surface area contributed by atoms with Gasteiger partial charge in [0.25, 0.3) is 11.4 Å². The molecule has 5 N–H and O–H groups in total. The number of anilines is 3. The lowest BCUT2D eigenvalue weighted by molar-refractivity contribution is -0.386. The average molecular weight is 1810 g/mol. The van der Waals surface area contributed by atoms with Gasteiger partial charge in [-0.25, -0.2) is 0 Å². The summed E-state index contributed by atoms with van der Waals surface area (Å²) in [5, 5.41) is 44.6. The molecule has 1 saturated heterocycles. The van der Waals surface area contributed by atoms with Gasteiger partial charge >= 0.3 is 41.5 Å². The topological polar surface area (TPSA) is 475 Å². The molecule has 0 saturated carbocycles. The largest absolute Gasteiger partial charge is 0.466 e. The maximum atomic E-state index is 12.5. The zero-order chi connectivity index (χ0) is 90.1. The van der Waals surface area contributed by atoms with E-state index in [9.17, 15) is 68.7 Å². The highest BCUT2D eigenvalue weighted by Gasteiger charge is 2.48. The average Bonchev–Trinajstić information content (AvgIpc) is 1.60. The third-order valence-corrected chi connectivity index (χ3v) is 17.0. The number of alkyl halides is 2. The number of likely N-dealkylation sites (tertiary alicyclic amines) is 1. The van der Waals surface area contributed by atoms with Crippen molar-refractivity contribution in [2.45, 2.75) is 143 Å². The van der Waals surface area contributed by atoms with Gasteiger partial charge in [-0.1, -0.05) is 72.3 Å². The van der Waals surface area contributed by atoms with Crippen LogP contribution in [0.5, 0.6) is 0 Å². The highest BCUT2D eigenvalue weighted by Crippen LogP contribution is 2.45. The predicted octanol–water partition coefficient (Wildman–Crippen LogP) is 13.3. The van der Waals surface area contributed by atoms with Crippen LogP contribution in [0.25, 0.3) is 0 Å². The molecule has 0 aliphatic carbocycles. The van der Waals surface area contributed by atoms with Crippen molar-refractivity contribution in [2.24, 2.45) is 0 Å². The zero-order valence-electron chi connectivity index (χ0n) is 70.0. The summed E-state index contributed by atoms with van der Waals surface area (Å²) >= 11 is 16.9. The number of nitrogen functional groups attached to an aromatic ring is 1. The van der Waals surface area contributed by atoms with Crippen molar-refractivity contribution < 1.29 is 86.7 Å². The summed E-state index contributed by atoms with van der Waals surface area (Å²) in [6.45, 7) is 23.4. The van der Waals surface area contributed by atoms with Crippen LogP contribution in [0.15, 0.2) is 171 Å². The van der Waals surface area contributed by atoms with Crippen LogP contribution in [-0.2, 0) is 105 Å². The van der Waals surface area contributed by atoms with E-state index in [4.69, 9.17) is 69.3 Å². The second-order valence-electron chi connectivity index (χ2n) is 27.5. The number of carbonyl (C=O) groups is 8. The number of ether oxygens (including phenoxy) is 6. The Balaban J connectivity index is 0.000000710. The quantitative estimate of drug-likeness (QED) is 0.0109. The number of hydrogen-bond donors (Lipinski definition) is 4. The summed E-state index contributed by atoms with van der Waals surface area (Å²) in [4.78, 5) is 149. The number of nitrogens with zero attached hydrogens (tertiary/aromatic N) is 11. The number of benzene rings is 2. The summed E-state index contributed by atoms with van der Waals surface area (Å²) in [7, 11) is 1.00. The van der Waals surface area contributed by atoms with Gasteiger partial charge < -0.3 is 49.9 Å². The van der Waals surface area contributed by atoms with Gasteiger partial charge in [0.05, 0.1) is 107 Å². The molecule has 1 unspecified atom stereocenters. The SMILES string of the molecule is CCOC(=O)C(C(=O)OC(C)(C)C)c1ccncc1[N+](=O)[O-].CCOC(=O)CC(=O)OC(C)(C)C.CCOC(=O)Cc1ccncc1N.CCOC(=O)Cc1ccncc1[N+](=O)[O-].CO.Cl.Cl.ClCCN(CCCl)Cc1ccccc1.O=C1Cc2ccncc2N1.O=C1Nc2cnccc2C12CCN(Cc1ccccc1)CC2.O=[N+]([O-])c1cnccc1Cl. The second-order valence-corrected chi connectivity index (χ2v) is 28.6. The molecule has 1 fully saturated rings. The number of hydrogen-bond acceptors (Lipinski definition) is 30. The fourth-order valence-corrected chi connectivity index (χ4v) is 11.8. The van der Waals surface area contributed by atoms with Crippen molar-refractivity contribution in [1.82, 2.24) is 39.7 Å². The Labute approximate surface area is 740 Å². The number of pyridine rings is 6. The van der Waals surface area contributed by atoms with Crippen LogP contribution >= 0.6 is 59.6 Å². The van der Waals surface area contributed by atoms with Gasteiger partial charge in [-0.3, -0.25) is 108 Å². The Morgan fingerprint density at radius 1 is 0.553 bits per heavy atom. The molecule has 1 atom stereocenters. The number of aromatic nitrogens is 6. The zero-order valence-corrected chi connectivity index (χ0v) is 73.9. The molecule has 11 rings (SSSR count). The van der Waals surface area contributed by atoms with Gasteiger partial charge in [0, 0.05) is 87.8 Å². The van der Waals surface area contributed by atoms with Crippen molar-refractivity contribution >= 4 is 141 Å². The first-order chi connectivity index (χ1) is 57.6. The minimum atomic E-state index is -1.53. The number of nitrogens with one attached hydrogen (secondary N) is 2. The smallest absolute Gasteiger partial charge is 0.325 e. The summed E-state index contributed by atoms with van der Waals surface area (Å²) in [5.41, 5.74) is 11.1. The van der Waals surface area contributed by atoms with Crippen LogP contribution in [-0.4, -0.2) is 190 Å². The number of nitro groups is 3. The van der Waals surface area contributed by atoms with Gasteiger partial charge in [0.15, 0.2) is 5.92 Å². The van der Waals surface area contributed by atoms with Crippen molar-refractivity contribution in [3.05, 3.63) is 246 Å². The lowest BCUT2D eigenvalue weighted by Gasteiger charge is -2.38. The Morgan fingerprint density at radius 3 is 1.50 bits per heavy atom. The van der Waals surface area contributed by atoms with Gasteiger partial charge in [-0.05, 0) is 159 Å². The molecule has 3 aliphatic heterocycles. The fourth-order valence-electron chi connectivity index (χ4n) is 11.1. The Bertz CT molecular complexity index is 4590. The summed E-state index contributed by atoms with van der Waals surface area (Å²) in [6.07, 6.45) is 19.4. The second kappa shape index (κ2) is 58.4. The molecule has 2 aromatic carbocycles. The molecule has 2 amide bonds. The number of aliphatic hydroxyl groups excluding tert-OH is 1. The fraction of sp³-hybridized carbons (Fsp3) is 0.398. The number of rotatable bonds is 24. The van der Waals surface area contributed by atoms with Crippen molar-refractivity contribution in [3.8, 4) is 0 Å². The maximum absolute atomic E-state index is 12.5. The lowest BCUT2D eigenvalue weighted by atomic mass is 9.74. The van der Waals surface area contributed by atoms with E-state index in [-0.39, 0.29) is 109 Å². The van der Waals surface area contributed by atoms with Gasteiger partial charge in [0.2, 0.25) is 11.8 Å². The molecule has 9 heterocycles. The molecule has 6 aromatic heterocycles. The molecule has 668 valence electrons. The summed E-state index contributed by atoms with van der Waals surface area (Å²) in [6, 6.07) is 30.5. The molecule has 8 aromatic rings. The minimum Gasteiger partial charge on any atom is -0.466 e. The van der Waals surface area contributed by atoms with E-state index in [0.717, 1.165) is 106 Å². The van der Waals surface area contributed by atoms with Crippen LogP contribution in [0.3, 0.4) is 0 Å². The van der Waals surface area contributed by atoms with Crippen LogP contribution < -0.4 is 16.4 Å². The van der Waals surface area contributed by atoms with E-state index in [1.807, 2.05) is 24.3 Å². The van der Waals surface area contributed by atoms with E-state index in [1.165, 1.54) is 54.1 Å². The molecule has 1 spiro atoms. The number of nitrogens with two attached hydrogens (primary N) is 1. The van der Waals surface area contributed by atoms with Gasteiger partial charge in [0.1, 0.15) is 41.2 Å². The number of amides is 2. The number of halogens is 5. The highest BCUT2D eigenvalue weighted by molar-refractivity contribution is 6.32. The number of aliphatic hydroxyl groups is 1. The van der Waals surface area contributed by atoms with E-state index >= 15 is 0 Å². The Morgan fingerprint density at radius 2 is 1.01 bits per heavy atom. The molecule has 123 heavy (non-hydrogen) atoms. The number of carbonyl (C=O) groups excluding carboxylic acids is 8. The van der Waals surface area contributed by atoms with Crippen LogP contribution in [0.2, 0.25) is 5.02 Å². The molecular formula is C83H105Cl5N14O21. The third-order valence-electron chi connectivity index (χ3n) is 16.3. The van der Waals surface area contributed by atoms with Crippen molar-refractivity contribution in [1.29, 1.82) is 0 Å². The van der Waals surface area contributed by atoms with E-state index < -0.39 is 67.4 Å². The normalized spacial score (nSPS) is 12.3. The first-order valence-corrected chi connectivity index (χ1v) is 39.3. The number of fused-ring (bicyclic) bond motifs is 3. The molecule has 0 radical (unpaired) electrons. The Kier molecular flexibility index (Phi) is 52.0. The van der Waals surface area contributed by atoms with Crippen molar-refractivity contribution in [3.63, 3.8) is 0 Å². The first-order valence-electron chi connectivity index (χ1n) is 37.9. The van der Waals surface area contributed by atoms with Gasteiger partial charge in [-0.15, -0.1) is 48.0 Å². The molecule has 0 bridgehead atoms. The summed E-state index contributed by atoms with van der Waals surface area (Å²) in [5.74, 6) is -3.64. The molecule has 3 aliphatic rings. The third kappa shape index (κ3) is 40.8. The molecule has 40 heteroatoms. The highest BCUT2D eigenvalue weighted by atomic mass is 35.5. The number of esters is 6. The molecular weight excluding hydrogens is 1710 g/mol. The first kappa shape index (κ1) is 109. The number of piperidine rings is 1. The Hall–Kier alpha value is -11.6.